The molecule has 0 aromatic heterocycles. The van der Waals surface area contributed by atoms with Crippen LogP contribution in [0, 0.1) is 5.92 Å². The van der Waals surface area contributed by atoms with Crippen LogP contribution >= 0.6 is 23.2 Å². The normalized spacial score (nSPS) is 24.0. The number of hydrogen-bond donors (Lipinski definition) is 4. The lowest BCUT2D eigenvalue weighted by Gasteiger charge is -2.18. The minimum atomic E-state index is -4.52. The SMILES string of the molecule is CCC(C)C(N)C(=O)NS(=O)(=O)OCC1OC(CCOC(=O)C=Cc2ccc(Cl)c(Cl)c2)C(O)C1O. The first-order chi connectivity index (χ1) is 16.8. The van der Waals surface area contributed by atoms with Gasteiger partial charge in [-0.2, -0.15) is 8.42 Å². The van der Waals surface area contributed by atoms with E-state index in [1.807, 2.05) is 0 Å². The molecule has 1 aliphatic rings. The molecule has 1 aromatic rings. The first-order valence-electron chi connectivity index (χ1n) is 11.1. The summed E-state index contributed by atoms with van der Waals surface area (Å²) in [7, 11) is -4.52. The second-order valence-electron chi connectivity index (χ2n) is 8.27. The molecule has 6 atom stereocenters. The van der Waals surface area contributed by atoms with Gasteiger partial charge < -0.3 is 25.4 Å². The molecule has 1 aliphatic heterocycles. The molecule has 1 aromatic carbocycles. The second-order valence-corrected chi connectivity index (χ2v) is 10.4. The molecule has 0 bridgehead atoms. The van der Waals surface area contributed by atoms with E-state index in [2.05, 4.69) is 0 Å². The van der Waals surface area contributed by atoms with Crippen molar-refractivity contribution in [3.8, 4) is 0 Å². The number of aliphatic hydroxyl groups is 2. The highest BCUT2D eigenvalue weighted by Gasteiger charge is 2.43. The number of nitrogens with one attached hydrogen (secondary N) is 1. The summed E-state index contributed by atoms with van der Waals surface area (Å²) in [5, 5.41) is 21.1. The Morgan fingerprint density at radius 1 is 1.22 bits per heavy atom. The van der Waals surface area contributed by atoms with Gasteiger partial charge in [-0.15, -0.1) is 0 Å². The summed E-state index contributed by atoms with van der Waals surface area (Å²) in [4.78, 5) is 23.9. The molecule has 1 heterocycles. The molecule has 2 rings (SSSR count). The van der Waals surface area contributed by atoms with E-state index < -0.39 is 59.2 Å². The van der Waals surface area contributed by atoms with Crippen LogP contribution in [0.2, 0.25) is 10.0 Å². The Morgan fingerprint density at radius 3 is 2.53 bits per heavy atom. The highest BCUT2D eigenvalue weighted by atomic mass is 35.5. The molecule has 0 saturated carbocycles. The van der Waals surface area contributed by atoms with Crippen molar-refractivity contribution in [2.75, 3.05) is 13.2 Å². The van der Waals surface area contributed by atoms with Crippen molar-refractivity contribution in [2.45, 2.75) is 57.1 Å². The largest absolute Gasteiger partial charge is 0.462 e. The number of aliphatic hydroxyl groups excluding tert-OH is 2. The summed E-state index contributed by atoms with van der Waals surface area (Å²) >= 11 is 11.8. The van der Waals surface area contributed by atoms with Gasteiger partial charge in [-0.05, 0) is 29.7 Å². The molecule has 202 valence electrons. The Balaban J connectivity index is 1.79. The lowest BCUT2D eigenvalue weighted by molar-refractivity contribution is -0.139. The van der Waals surface area contributed by atoms with Crippen molar-refractivity contribution in [1.29, 1.82) is 0 Å². The molecule has 0 radical (unpaired) electrons. The summed E-state index contributed by atoms with van der Waals surface area (Å²) in [6.45, 7) is 2.69. The summed E-state index contributed by atoms with van der Waals surface area (Å²) in [6.07, 6.45) is -1.73. The molecular weight excluding hydrogens is 539 g/mol. The zero-order valence-electron chi connectivity index (χ0n) is 19.7. The molecule has 11 nitrogen and oxygen atoms in total. The minimum Gasteiger partial charge on any atom is -0.462 e. The molecule has 0 spiro atoms. The van der Waals surface area contributed by atoms with Crippen molar-refractivity contribution >= 4 is 51.5 Å². The Bertz CT molecular complexity index is 1050. The fourth-order valence-corrected chi connectivity index (χ4v) is 4.26. The lowest BCUT2D eigenvalue weighted by atomic mass is 10.00. The summed E-state index contributed by atoms with van der Waals surface area (Å²) in [5.41, 5.74) is 6.34. The van der Waals surface area contributed by atoms with Crippen LogP contribution in [-0.2, 0) is 33.6 Å². The maximum atomic E-state index is 12.0. The van der Waals surface area contributed by atoms with Gasteiger partial charge >= 0.3 is 16.3 Å². The molecule has 14 heteroatoms. The third-order valence-electron chi connectivity index (χ3n) is 5.64. The average molecular weight is 569 g/mol. The van der Waals surface area contributed by atoms with Gasteiger partial charge in [0.15, 0.2) is 0 Å². The van der Waals surface area contributed by atoms with E-state index in [-0.39, 0.29) is 18.9 Å². The molecule has 5 N–H and O–H groups in total. The zero-order valence-corrected chi connectivity index (χ0v) is 22.0. The van der Waals surface area contributed by atoms with Crippen LogP contribution in [0.25, 0.3) is 6.08 Å². The van der Waals surface area contributed by atoms with E-state index in [9.17, 15) is 28.2 Å². The van der Waals surface area contributed by atoms with E-state index in [1.54, 1.807) is 36.8 Å². The number of benzene rings is 1. The summed E-state index contributed by atoms with van der Waals surface area (Å²) in [6, 6.07) is 3.77. The monoisotopic (exact) mass is 568 g/mol. The van der Waals surface area contributed by atoms with Crippen LogP contribution in [0.4, 0.5) is 0 Å². The summed E-state index contributed by atoms with van der Waals surface area (Å²) < 4.78 is 41.0. The highest BCUT2D eigenvalue weighted by Crippen LogP contribution is 2.25. The third-order valence-corrected chi connectivity index (χ3v) is 7.27. The van der Waals surface area contributed by atoms with Gasteiger partial charge in [-0.1, -0.05) is 49.5 Å². The first kappa shape index (κ1) is 30.5. The van der Waals surface area contributed by atoms with Gasteiger partial charge in [0.25, 0.3) is 5.91 Å². The molecule has 0 aliphatic carbocycles. The molecular formula is C22H30Cl2N2O9S. The number of esters is 1. The Hall–Kier alpha value is -1.77. The summed E-state index contributed by atoms with van der Waals surface area (Å²) in [5.74, 6) is -1.84. The van der Waals surface area contributed by atoms with E-state index in [0.29, 0.717) is 22.0 Å². The lowest BCUT2D eigenvalue weighted by Crippen LogP contribution is -2.47. The van der Waals surface area contributed by atoms with Gasteiger partial charge in [0, 0.05) is 12.5 Å². The van der Waals surface area contributed by atoms with Crippen molar-refractivity contribution in [3.63, 3.8) is 0 Å². The number of halogens is 2. The van der Waals surface area contributed by atoms with Crippen LogP contribution < -0.4 is 10.5 Å². The molecule has 1 fully saturated rings. The van der Waals surface area contributed by atoms with Crippen molar-refractivity contribution in [2.24, 2.45) is 11.7 Å². The number of ether oxygens (including phenoxy) is 2. The fourth-order valence-electron chi connectivity index (χ4n) is 3.20. The quantitative estimate of drug-likeness (QED) is 0.211. The van der Waals surface area contributed by atoms with Crippen molar-refractivity contribution in [3.05, 3.63) is 39.9 Å². The molecule has 36 heavy (non-hydrogen) atoms. The van der Waals surface area contributed by atoms with Gasteiger partial charge in [0.05, 0.1) is 35.4 Å². The molecule has 1 amide bonds. The van der Waals surface area contributed by atoms with Crippen LogP contribution in [-0.4, -0.2) is 74.2 Å². The third kappa shape index (κ3) is 8.96. The van der Waals surface area contributed by atoms with Crippen molar-refractivity contribution in [1.82, 2.24) is 4.72 Å². The topological polar surface area (TPSA) is 174 Å². The Morgan fingerprint density at radius 2 is 1.89 bits per heavy atom. The number of nitrogens with two attached hydrogens (primary N) is 1. The van der Waals surface area contributed by atoms with E-state index in [4.69, 9.17) is 42.6 Å². The number of carbonyl (C=O) groups excluding carboxylic acids is 2. The maximum absolute atomic E-state index is 12.0. The molecule has 6 unspecified atom stereocenters. The second kappa shape index (κ2) is 13.7. The van der Waals surface area contributed by atoms with Gasteiger partial charge in [-0.3, -0.25) is 8.98 Å². The predicted octanol–water partition coefficient (Wildman–Crippen LogP) is 1.18. The Kier molecular flexibility index (Phi) is 11.6. The highest BCUT2D eigenvalue weighted by molar-refractivity contribution is 7.85. The van der Waals surface area contributed by atoms with Crippen LogP contribution in [0.5, 0.6) is 0 Å². The smallest absolute Gasteiger partial charge is 0.362 e. The van der Waals surface area contributed by atoms with Crippen LogP contribution in [0.3, 0.4) is 0 Å². The van der Waals surface area contributed by atoms with Gasteiger partial charge in [-0.25, -0.2) is 9.52 Å². The van der Waals surface area contributed by atoms with Gasteiger partial charge in [0.2, 0.25) is 0 Å². The minimum absolute atomic E-state index is 0.0221. The first-order valence-corrected chi connectivity index (χ1v) is 13.3. The van der Waals surface area contributed by atoms with E-state index >= 15 is 0 Å². The zero-order chi connectivity index (χ0) is 27.0. The number of carbonyl (C=O) groups is 2. The fraction of sp³-hybridized carbons (Fsp3) is 0.545. The van der Waals surface area contributed by atoms with Crippen molar-refractivity contribution < 1.29 is 41.9 Å². The average Bonchev–Trinajstić information content (AvgIpc) is 3.10. The predicted molar refractivity (Wildman–Crippen MR) is 132 cm³/mol. The Labute approximate surface area is 219 Å². The van der Waals surface area contributed by atoms with E-state index in [1.165, 1.54) is 12.2 Å². The van der Waals surface area contributed by atoms with Crippen LogP contribution in [0.15, 0.2) is 24.3 Å². The van der Waals surface area contributed by atoms with Gasteiger partial charge in [0.1, 0.15) is 18.3 Å². The standard InChI is InChI=1S/C22H30Cl2N2O9S/c1-3-12(2)19(25)22(30)26-36(31,32)34-11-17-21(29)20(28)16(35-17)8-9-33-18(27)7-5-13-4-6-14(23)15(24)10-13/h4-7,10,12,16-17,19-21,28-29H,3,8-9,11,25H2,1-2H3,(H,26,30). The van der Waals surface area contributed by atoms with E-state index in [0.717, 1.165) is 0 Å². The number of amides is 1. The maximum Gasteiger partial charge on any atom is 0.362 e. The van der Waals surface area contributed by atoms with Crippen LogP contribution in [0.1, 0.15) is 32.3 Å². The number of rotatable bonds is 12. The molecule has 1 saturated heterocycles. The number of hydrogen-bond acceptors (Lipinski definition) is 10.